The average Bonchev–Trinajstić information content (AvgIpc) is 1.21. The average molecular weight is 134 g/mol. The zero-order valence-electron chi connectivity index (χ0n) is 5.26. The van der Waals surface area contributed by atoms with Crippen LogP contribution in [0.15, 0.2) is 0 Å². The van der Waals surface area contributed by atoms with Crippen molar-refractivity contribution < 1.29 is 9.90 Å². The SMILES string of the molecule is CC(=O)SC(C)(C)O. The van der Waals surface area contributed by atoms with Gasteiger partial charge in [0.05, 0.1) is 0 Å². The standard InChI is InChI=1S/C5H10O2S/c1-4(6)8-5(2,3)7/h7H,1-3H3. The van der Waals surface area contributed by atoms with Crippen molar-refractivity contribution >= 4 is 16.9 Å². The molecule has 0 spiro atoms. The molecule has 0 heterocycles. The fourth-order valence-electron chi connectivity index (χ4n) is 0.352. The van der Waals surface area contributed by atoms with Crippen LogP contribution in [0.5, 0.6) is 0 Å². The van der Waals surface area contributed by atoms with Crippen LogP contribution in [0.1, 0.15) is 20.8 Å². The van der Waals surface area contributed by atoms with Crippen LogP contribution in [0.4, 0.5) is 0 Å². The van der Waals surface area contributed by atoms with E-state index in [1.165, 1.54) is 6.92 Å². The number of aliphatic hydroxyl groups is 1. The summed E-state index contributed by atoms with van der Waals surface area (Å²) in [7, 11) is 0. The van der Waals surface area contributed by atoms with Crippen molar-refractivity contribution in [3.63, 3.8) is 0 Å². The van der Waals surface area contributed by atoms with E-state index < -0.39 is 4.93 Å². The first-order valence-corrected chi connectivity index (χ1v) is 3.15. The smallest absolute Gasteiger partial charge is 0.188 e. The maximum absolute atomic E-state index is 10.3. The van der Waals surface area contributed by atoms with Crippen molar-refractivity contribution in [2.75, 3.05) is 0 Å². The minimum absolute atomic E-state index is 0.0579. The maximum Gasteiger partial charge on any atom is 0.188 e. The summed E-state index contributed by atoms with van der Waals surface area (Å²) in [5, 5.41) is 8.87. The monoisotopic (exact) mass is 134 g/mol. The van der Waals surface area contributed by atoms with Crippen molar-refractivity contribution in [3.8, 4) is 0 Å². The van der Waals surface area contributed by atoms with Crippen LogP contribution in [0.25, 0.3) is 0 Å². The van der Waals surface area contributed by atoms with Crippen LogP contribution >= 0.6 is 11.8 Å². The second-order valence-electron chi connectivity index (χ2n) is 2.04. The van der Waals surface area contributed by atoms with Crippen molar-refractivity contribution in [1.82, 2.24) is 0 Å². The zero-order chi connectivity index (χ0) is 6.78. The number of thioether (sulfide) groups is 1. The summed E-state index contributed by atoms with van der Waals surface area (Å²) in [5.74, 6) is 0. The number of rotatable bonds is 1. The molecular weight excluding hydrogens is 124 g/mol. The van der Waals surface area contributed by atoms with E-state index in [-0.39, 0.29) is 5.12 Å². The molecule has 0 rings (SSSR count). The van der Waals surface area contributed by atoms with Gasteiger partial charge in [0, 0.05) is 6.92 Å². The molecule has 0 saturated heterocycles. The van der Waals surface area contributed by atoms with Gasteiger partial charge in [-0.15, -0.1) is 0 Å². The van der Waals surface area contributed by atoms with Crippen LogP contribution in [0, 0.1) is 0 Å². The molecular formula is C5H10O2S. The Labute approximate surface area is 53.3 Å². The molecule has 48 valence electrons. The van der Waals surface area contributed by atoms with E-state index in [4.69, 9.17) is 5.11 Å². The van der Waals surface area contributed by atoms with Gasteiger partial charge in [-0.25, -0.2) is 0 Å². The molecule has 8 heavy (non-hydrogen) atoms. The Kier molecular flexibility index (Phi) is 2.50. The molecule has 0 aliphatic heterocycles. The van der Waals surface area contributed by atoms with E-state index in [0.29, 0.717) is 0 Å². The van der Waals surface area contributed by atoms with Gasteiger partial charge >= 0.3 is 0 Å². The van der Waals surface area contributed by atoms with E-state index in [2.05, 4.69) is 0 Å². The highest BCUT2D eigenvalue weighted by atomic mass is 32.2. The molecule has 0 saturated carbocycles. The summed E-state index contributed by atoms with van der Waals surface area (Å²) >= 11 is 0.928. The molecule has 0 amide bonds. The lowest BCUT2D eigenvalue weighted by molar-refractivity contribution is -0.109. The summed E-state index contributed by atoms with van der Waals surface area (Å²) in [5.41, 5.74) is 0. The molecule has 3 heteroatoms. The number of hydrogen-bond donors (Lipinski definition) is 1. The Morgan fingerprint density at radius 1 is 1.62 bits per heavy atom. The fraction of sp³-hybridized carbons (Fsp3) is 0.800. The molecule has 0 bridgehead atoms. The molecule has 0 aromatic rings. The normalized spacial score (nSPS) is 11.5. The Balaban J connectivity index is 3.55. The van der Waals surface area contributed by atoms with E-state index >= 15 is 0 Å². The molecule has 2 nitrogen and oxygen atoms in total. The lowest BCUT2D eigenvalue weighted by atomic mass is 10.5. The highest BCUT2D eigenvalue weighted by molar-refractivity contribution is 8.14. The first kappa shape index (κ1) is 7.98. The van der Waals surface area contributed by atoms with Gasteiger partial charge in [0.1, 0.15) is 4.93 Å². The number of carbonyl (C=O) groups is 1. The van der Waals surface area contributed by atoms with Crippen LogP contribution in [0.3, 0.4) is 0 Å². The van der Waals surface area contributed by atoms with Gasteiger partial charge in [0.15, 0.2) is 5.12 Å². The summed E-state index contributed by atoms with van der Waals surface area (Å²) in [6, 6.07) is 0. The quantitative estimate of drug-likeness (QED) is 0.543. The van der Waals surface area contributed by atoms with E-state index in [1.807, 2.05) is 0 Å². The lowest BCUT2D eigenvalue weighted by Gasteiger charge is -2.12. The minimum Gasteiger partial charge on any atom is -0.380 e. The molecule has 1 N–H and O–H groups in total. The molecule has 0 unspecified atom stereocenters. The van der Waals surface area contributed by atoms with Gasteiger partial charge in [0.25, 0.3) is 0 Å². The molecule has 0 aliphatic carbocycles. The lowest BCUT2D eigenvalue weighted by Crippen LogP contribution is -2.14. The summed E-state index contributed by atoms with van der Waals surface area (Å²) < 4.78 is 0. The van der Waals surface area contributed by atoms with Crippen molar-refractivity contribution in [1.29, 1.82) is 0 Å². The fourth-order valence-corrected chi connectivity index (χ4v) is 1.06. The number of carbonyl (C=O) groups excluding carboxylic acids is 1. The largest absolute Gasteiger partial charge is 0.380 e. The van der Waals surface area contributed by atoms with Crippen LogP contribution < -0.4 is 0 Å². The molecule has 0 atom stereocenters. The first-order chi connectivity index (χ1) is 3.42. The number of hydrogen-bond acceptors (Lipinski definition) is 3. The highest BCUT2D eigenvalue weighted by Crippen LogP contribution is 2.20. The highest BCUT2D eigenvalue weighted by Gasteiger charge is 2.14. The predicted octanol–water partition coefficient (Wildman–Crippen LogP) is 0.994. The zero-order valence-corrected chi connectivity index (χ0v) is 6.08. The van der Waals surface area contributed by atoms with Gasteiger partial charge in [-0.1, -0.05) is 11.8 Å². The van der Waals surface area contributed by atoms with Crippen molar-refractivity contribution in [2.45, 2.75) is 25.7 Å². The van der Waals surface area contributed by atoms with Gasteiger partial charge in [-0.3, -0.25) is 4.79 Å². The third kappa shape index (κ3) is 5.98. The Morgan fingerprint density at radius 2 is 2.00 bits per heavy atom. The van der Waals surface area contributed by atoms with Gasteiger partial charge < -0.3 is 5.11 Å². The van der Waals surface area contributed by atoms with Gasteiger partial charge in [0.2, 0.25) is 0 Å². The minimum atomic E-state index is -0.911. The Morgan fingerprint density at radius 3 is 2.00 bits per heavy atom. The topological polar surface area (TPSA) is 37.3 Å². The van der Waals surface area contributed by atoms with Crippen molar-refractivity contribution in [3.05, 3.63) is 0 Å². The summed E-state index contributed by atoms with van der Waals surface area (Å²) in [6.07, 6.45) is 0. The third-order valence-electron chi connectivity index (χ3n) is 0.393. The van der Waals surface area contributed by atoms with E-state index in [0.717, 1.165) is 11.8 Å². The van der Waals surface area contributed by atoms with Crippen LogP contribution in [-0.4, -0.2) is 15.2 Å². The molecule has 0 radical (unpaired) electrons. The van der Waals surface area contributed by atoms with Gasteiger partial charge in [-0.2, -0.15) is 0 Å². The molecule has 0 aromatic carbocycles. The Hall–Kier alpha value is -0.0200. The molecule has 0 aliphatic rings. The summed E-state index contributed by atoms with van der Waals surface area (Å²) in [6.45, 7) is 4.60. The molecule has 0 aromatic heterocycles. The summed E-state index contributed by atoms with van der Waals surface area (Å²) in [4.78, 5) is 9.35. The third-order valence-corrected chi connectivity index (χ3v) is 1.18. The first-order valence-electron chi connectivity index (χ1n) is 2.34. The van der Waals surface area contributed by atoms with Crippen molar-refractivity contribution in [2.24, 2.45) is 0 Å². The van der Waals surface area contributed by atoms with Crippen LogP contribution in [0.2, 0.25) is 0 Å². The Bertz CT molecular complexity index is 93.1. The second-order valence-corrected chi connectivity index (χ2v) is 3.82. The maximum atomic E-state index is 10.3. The second kappa shape index (κ2) is 2.51. The molecule has 0 fully saturated rings. The van der Waals surface area contributed by atoms with E-state index in [1.54, 1.807) is 13.8 Å². The van der Waals surface area contributed by atoms with E-state index in [9.17, 15) is 4.79 Å². The van der Waals surface area contributed by atoms with Crippen LogP contribution in [-0.2, 0) is 4.79 Å². The van der Waals surface area contributed by atoms with Gasteiger partial charge in [-0.05, 0) is 13.8 Å². The predicted molar refractivity (Wildman–Crippen MR) is 34.6 cm³/mol.